The molecule has 2 atom stereocenters. The van der Waals surface area contributed by atoms with Gasteiger partial charge in [-0.25, -0.2) is 4.99 Å². The second-order valence-electron chi connectivity index (χ2n) is 2.67. The van der Waals surface area contributed by atoms with E-state index < -0.39 is 0 Å². The third kappa shape index (κ3) is 1.98. The van der Waals surface area contributed by atoms with Crippen LogP contribution in [-0.4, -0.2) is 27.9 Å². The highest BCUT2D eigenvalue weighted by Crippen LogP contribution is 2.28. The molecule has 0 aromatic carbocycles. The van der Waals surface area contributed by atoms with Crippen molar-refractivity contribution in [3.05, 3.63) is 12.0 Å². The Balaban J connectivity index is 2.83. The Morgan fingerprint density at radius 3 is 2.67 bits per heavy atom. The van der Waals surface area contributed by atoms with Gasteiger partial charge in [0.15, 0.2) is 0 Å². The first-order valence-corrected chi connectivity index (χ1v) is 6.26. The van der Waals surface area contributed by atoms with Crippen LogP contribution in [0.2, 0.25) is 0 Å². The average Bonchev–Trinajstić information content (AvgIpc) is 2.08. The Morgan fingerprint density at radius 1 is 1.50 bits per heavy atom. The highest BCUT2D eigenvalue weighted by Gasteiger charge is 2.23. The quantitative estimate of drug-likeness (QED) is 0.711. The third-order valence-electron chi connectivity index (χ3n) is 1.90. The third-order valence-corrected chi connectivity index (χ3v) is 3.87. The van der Waals surface area contributed by atoms with Gasteiger partial charge in [0.2, 0.25) is 5.88 Å². The molecule has 0 spiro atoms. The Morgan fingerprint density at radius 2 is 2.17 bits per heavy atom. The fourth-order valence-electron chi connectivity index (χ4n) is 1.19. The highest BCUT2D eigenvalue weighted by molar-refractivity contribution is 8.13. The number of aliphatic hydroxyl groups excluding tert-OH is 1. The van der Waals surface area contributed by atoms with Crippen LogP contribution in [0.25, 0.3) is 0 Å². The molecule has 1 rings (SSSR count). The number of hydrogen-bond acceptors (Lipinski definition) is 4. The molecule has 0 amide bonds. The molecule has 1 heterocycles. The predicted octanol–water partition coefficient (Wildman–Crippen LogP) is 2.53. The molecular weight excluding hydrogens is 190 g/mol. The fraction of sp³-hybridized carbons (Fsp3) is 0.625. The minimum atomic E-state index is 0.164. The zero-order valence-electron chi connectivity index (χ0n) is 7.44. The van der Waals surface area contributed by atoms with E-state index in [0.717, 1.165) is 5.04 Å². The SMILES string of the molecule is CSC1=NC(O)=CC(SC)C1C. The van der Waals surface area contributed by atoms with Crippen LogP contribution in [0.1, 0.15) is 6.92 Å². The summed E-state index contributed by atoms with van der Waals surface area (Å²) in [6.07, 6.45) is 5.86. The predicted molar refractivity (Wildman–Crippen MR) is 58.1 cm³/mol. The summed E-state index contributed by atoms with van der Waals surface area (Å²) in [5, 5.41) is 10.7. The van der Waals surface area contributed by atoms with Crippen LogP contribution in [0.3, 0.4) is 0 Å². The van der Waals surface area contributed by atoms with Crippen LogP contribution in [0.5, 0.6) is 0 Å². The van der Waals surface area contributed by atoms with Crippen LogP contribution >= 0.6 is 23.5 Å². The standard InChI is InChI=1S/C8H13NOS2/c1-5-6(11-2)4-7(10)9-8(5)12-3/h4-6,10H,1-3H3. The number of thioether (sulfide) groups is 2. The number of rotatable bonds is 1. The van der Waals surface area contributed by atoms with Crippen molar-refractivity contribution in [2.24, 2.45) is 10.9 Å². The van der Waals surface area contributed by atoms with Gasteiger partial charge in [0.05, 0.1) is 5.04 Å². The van der Waals surface area contributed by atoms with Crippen molar-refractivity contribution in [3.8, 4) is 0 Å². The lowest BCUT2D eigenvalue weighted by atomic mass is 10.1. The summed E-state index contributed by atoms with van der Waals surface area (Å²) in [5.41, 5.74) is 0. The lowest BCUT2D eigenvalue weighted by Crippen LogP contribution is -2.23. The number of hydrogen-bond donors (Lipinski definition) is 1. The molecule has 1 N–H and O–H groups in total. The van der Waals surface area contributed by atoms with Crippen LogP contribution in [0, 0.1) is 5.92 Å². The van der Waals surface area contributed by atoms with Gasteiger partial charge in [-0.15, -0.1) is 11.8 Å². The molecule has 0 saturated heterocycles. The molecule has 68 valence electrons. The molecular formula is C8H13NOS2. The van der Waals surface area contributed by atoms with Gasteiger partial charge in [0, 0.05) is 11.2 Å². The molecule has 4 heteroatoms. The van der Waals surface area contributed by atoms with Gasteiger partial charge in [-0.3, -0.25) is 0 Å². The van der Waals surface area contributed by atoms with Crippen molar-refractivity contribution in [1.82, 2.24) is 0 Å². The van der Waals surface area contributed by atoms with Gasteiger partial charge in [0.1, 0.15) is 0 Å². The Kier molecular flexibility index (Phi) is 3.53. The average molecular weight is 203 g/mol. The first-order valence-electron chi connectivity index (χ1n) is 3.75. The minimum Gasteiger partial charge on any atom is -0.493 e. The van der Waals surface area contributed by atoms with Gasteiger partial charge >= 0.3 is 0 Å². The molecule has 0 aliphatic carbocycles. The Labute approximate surface area is 81.5 Å². The van der Waals surface area contributed by atoms with Crippen LogP contribution in [-0.2, 0) is 0 Å². The molecule has 12 heavy (non-hydrogen) atoms. The van der Waals surface area contributed by atoms with Gasteiger partial charge in [-0.1, -0.05) is 6.92 Å². The summed E-state index contributed by atoms with van der Waals surface area (Å²) in [4.78, 5) is 4.06. The number of aliphatic imine (C=N–C) groups is 1. The van der Waals surface area contributed by atoms with E-state index in [9.17, 15) is 5.11 Å². The van der Waals surface area contributed by atoms with Gasteiger partial charge in [-0.05, 0) is 18.6 Å². The van der Waals surface area contributed by atoms with Crippen molar-refractivity contribution in [2.75, 3.05) is 12.5 Å². The van der Waals surface area contributed by atoms with Crippen LogP contribution < -0.4 is 0 Å². The molecule has 1 aliphatic heterocycles. The topological polar surface area (TPSA) is 32.6 Å². The largest absolute Gasteiger partial charge is 0.493 e. The second kappa shape index (κ2) is 4.23. The zero-order valence-corrected chi connectivity index (χ0v) is 9.08. The van der Waals surface area contributed by atoms with Crippen molar-refractivity contribution in [1.29, 1.82) is 0 Å². The molecule has 2 nitrogen and oxygen atoms in total. The first kappa shape index (κ1) is 9.99. The van der Waals surface area contributed by atoms with Crippen molar-refractivity contribution < 1.29 is 5.11 Å². The molecule has 2 unspecified atom stereocenters. The Hall–Kier alpha value is -0.0900. The molecule has 0 aromatic rings. The van der Waals surface area contributed by atoms with E-state index in [1.807, 2.05) is 18.6 Å². The normalized spacial score (nSPS) is 29.6. The maximum Gasteiger partial charge on any atom is 0.208 e. The highest BCUT2D eigenvalue weighted by atomic mass is 32.2. The first-order chi connectivity index (χ1) is 5.69. The zero-order chi connectivity index (χ0) is 9.14. The summed E-state index contributed by atoms with van der Waals surface area (Å²) < 4.78 is 0. The summed E-state index contributed by atoms with van der Waals surface area (Å²) in [6, 6.07) is 0. The molecule has 0 bridgehead atoms. The number of nitrogens with zero attached hydrogens (tertiary/aromatic N) is 1. The van der Waals surface area contributed by atoms with Gasteiger partial charge in [-0.2, -0.15) is 11.8 Å². The second-order valence-corrected chi connectivity index (χ2v) is 4.51. The van der Waals surface area contributed by atoms with Gasteiger partial charge < -0.3 is 5.11 Å². The van der Waals surface area contributed by atoms with Crippen molar-refractivity contribution in [3.63, 3.8) is 0 Å². The van der Waals surface area contributed by atoms with Crippen LogP contribution in [0.4, 0.5) is 0 Å². The minimum absolute atomic E-state index is 0.164. The summed E-state index contributed by atoms with van der Waals surface area (Å²) in [7, 11) is 0. The van der Waals surface area contributed by atoms with E-state index in [1.54, 1.807) is 23.5 Å². The molecule has 0 fully saturated rings. The fourth-order valence-corrected chi connectivity index (χ4v) is 2.77. The van der Waals surface area contributed by atoms with E-state index in [2.05, 4.69) is 11.9 Å². The van der Waals surface area contributed by atoms with Crippen LogP contribution in [0.15, 0.2) is 17.0 Å². The molecule has 0 radical (unpaired) electrons. The van der Waals surface area contributed by atoms with E-state index in [4.69, 9.17) is 0 Å². The van der Waals surface area contributed by atoms with Crippen molar-refractivity contribution in [2.45, 2.75) is 12.2 Å². The van der Waals surface area contributed by atoms with Gasteiger partial charge in [0.25, 0.3) is 0 Å². The lowest BCUT2D eigenvalue weighted by Gasteiger charge is -2.23. The van der Waals surface area contributed by atoms with E-state index in [1.165, 1.54) is 0 Å². The molecule has 1 aliphatic rings. The summed E-state index contributed by atoms with van der Waals surface area (Å²) in [6.45, 7) is 2.14. The van der Waals surface area contributed by atoms with E-state index >= 15 is 0 Å². The smallest absolute Gasteiger partial charge is 0.208 e. The number of aliphatic hydroxyl groups is 1. The van der Waals surface area contributed by atoms with E-state index in [0.29, 0.717) is 11.2 Å². The summed E-state index contributed by atoms with van der Waals surface area (Å²) >= 11 is 3.36. The lowest BCUT2D eigenvalue weighted by molar-refractivity contribution is 0.399. The molecule has 0 aromatic heterocycles. The molecule has 0 saturated carbocycles. The Bertz CT molecular complexity index is 225. The maximum atomic E-state index is 9.28. The van der Waals surface area contributed by atoms with Crippen molar-refractivity contribution >= 4 is 28.6 Å². The maximum absolute atomic E-state index is 9.28. The summed E-state index contributed by atoms with van der Waals surface area (Å²) in [5.74, 6) is 0.586. The monoisotopic (exact) mass is 203 g/mol. The van der Waals surface area contributed by atoms with E-state index in [-0.39, 0.29) is 5.88 Å².